The van der Waals surface area contributed by atoms with Crippen molar-refractivity contribution in [2.45, 2.75) is 13.0 Å². The topological polar surface area (TPSA) is 66.5 Å². The van der Waals surface area contributed by atoms with Crippen LogP contribution in [0.4, 0.5) is 0 Å². The second kappa shape index (κ2) is 5.48. The largest absolute Gasteiger partial charge is 0.348 e. The summed E-state index contributed by atoms with van der Waals surface area (Å²) < 4.78 is 0. The third-order valence-electron chi connectivity index (χ3n) is 2.88. The first-order valence-corrected chi connectivity index (χ1v) is 5.96. The van der Waals surface area contributed by atoms with E-state index in [9.17, 15) is 14.4 Å². The highest BCUT2D eigenvalue weighted by Crippen LogP contribution is 2.11. The van der Waals surface area contributed by atoms with Crippen molar-refractivity contribution in [1.29, 1.82) is 0 Å². The Morgan fingerprint density at radius 1 is 1.16 bits per heavy atom. The van der Waals surface area contributed by atoms with Crippen LogP contribution in [0.25, 0.3) is 0 Å². The lowest BCUT2D eigenvalue weighted by atomic mass is 10.1. The Morgan fingerprint density at radius 3 is 2.32 bits per heavy atom. The molecule has 1 aliphatic heterocycles. The van der Waals surface area contributed by atoms with Crippen molar-refractivity contribution >= 4 is 17.7 Å². The highest BCUT2D eigenvalue weighted by molar-refractivity contribution is 6.14. The van der Waals surface area contributed by atoms with Crippen molar-refractivity contribution < 1.29 is 14.4 Å². The van der Waals surface area contributed by atoms with Gasteiger partial charge in [-0.05, 0) is 12.5 Å². The van der Waals surface area contributed by atoms with Crippen molar-refractivity contribution in [3.63, 3.8) is 0 Å². The average Bonchev–Trinajstić information content (AvgIpc) is 2.71. The molecule has 0 fully saturated rings. The predicted octanol–water partition coefficient (Wildman–Crippen LogP) is 0.789. The van der Waals surface area contributed by atoms with Crippen molar-refractivity contribution in [2.24, 2.45) is 0 Å². The first kappa shape index (κ1) is 13.0. The van der Waals surface area contributed by atoms with Crippen LogP contribution in [0.2, 0.25) is 0 Å². The summed E-state index contributed by atoms with van der Waals surface area (Å²) in [6.07, 6.45) is 2.33. The van der Waals surface area contributed by atoms with Gasteiger partial charge in [0.25, 0.3) is 11.8 Å². The Bertz CT molecular complexity index is 519. The number of hydrogen-bond acceptors (Lipinski definition) is 3. The van der Waals surface area contributed by atoms with Crippen LogP contribution in [0.5, 0.6) is 0 Å². The van der Waals surface area contributed by atoms with E-state index in [4.69, 9.17) is 0 Å². The predicted molar refractivity (Wildman–Crippen MR) is 68.9 cm³/mol. The summed E-state index contributed by atoms with van der Waals surface area (Å²) in [6.45, 7) is 1.60. The molecule has 1 N–H and O–H groups in total. The fourth-order valence-corrected chi connectivity index (χ4v) is 1.84. The van der Waals surface area contributed by atoms with Crippen molar-refractivity contribution in [3.8, 4) is 0 Å². The van der Waals surface area contributed by atoms with E-state index in [1.165, 1.54) is 0 Å². The fraction of sp³-hybridized carbons (Fsp3) is 0.214. The molecule has 0 radical (unpaired) electrons. The molecule has 3 amide bonds. The molecule has 1 heterocycles. The zero-order chi connectivity index (χ0) is 13.8. The third kappa shape index (κ3) is 3.07. The Balaban J connectivity index is 1.92. The van der Waals surface area contributed by atoms with Gasteiger partial charge in [0.15, 0.2) is 0 Å². The minimum atomic E-state index is -0.451. The molecule has 2 rings (SSSR count). The van der Waals surface area contributed by atoms with Gasteiger partial charge in [0.05, 0.1) is 6.04 Å². The van der Waals surface area contributed by atoms with E-state index >= 15 is 0 Å². The van der Waals surface area contributed by atoms with Crippen LogP contribution < -0.4 is 5.32 Å². The lowest BCUT2D eigenvalue weighted by molar-refractivity contribution is -0.141. The highest BCUT2D eigenvalue weighted by Gasteiger charge is 2.25. The summed E-state index contributed by atoms with van der Waals surface area (Å²) in [5, 5.41) is 2.75. The fourth-order valence-electron chi connectivity index (χ4n) is 1.84. The van der Waals surface area contributed by atoms with E-state index in [-0.39, 0.29) is 18.5 Å². The first-order valence-electron chi connectivity index (χ1n) is 5.96. The summed E-state index contributed by atoms with van der Waals surface area (Å²) in [6, 6.07) is 9.29. The van der Waals surface area contributed by atoms with Crippen molar-refractivity contribution in [2.75, 3.05) is 6.54 Å². The van der Waals surface area contributed by atoms with Crippen LogP contribution in [0.1, 0.15) is 18.5 Å². The molecular weight excluding hydrogens is 244 g/mol. The van der Waals surface area contributed by atoms with E-state index < -0.39 is 11.8 Å². The first-order chi connectivity index (χ1) is 9.08. The zero-order valence-corrected chi connectivity index (χ0v) is 10.5. The Hall–Kier alpha value is -2.43. The lowest BCUT2D eigenvalue weighted by Gasteiger charge is -2.17. The molecule has 0 unspecified atom stereocenters. The zero-order valence-electron chi connectivity index (χ0n) is 10.5. The number of carbonyl (C=O) groups excluding carboxylic acids is 3. The Morgan fingerprint density at radius 2 is 1.74 bits per heavy atom. The van der Waals surface area contributed by atoms with E-state index in [0.29, 0.717) is 0 Å². The van der Waals surface area contributed by atoms with Gasteiger partial charge in [0.1, 0.15) is 6.54 Å². The van der Waals surface area contributed by atoms with Crippen LogP contribution in [0, 0.1) is 0 Å². The number of imide groups is 1. The molecular formula is C14H14N2O3. The number of amides is 3. The quantitative estimate of drug-likeness (QED) is 0.812. The molecule has 0 bridgehead atoms. The lowest BCUT2D eigenvalue weighted by Crippen LogP contribution is -2.41. The molecule has 5 nitrogen and oxygen atoms in total. The summed E-state index contributed by atoms with van der Waals surface area (Å²) in [4.78, 5) is 35.3. The molecule has 98 valence electrons. The molecule has 0 saturated carbocycles. The number of rotatable bonds is 4. The minimum Gasteiger partial charge on any atom is -0.348 e. The van der Waals surface area contributed by atoms with E-state index in [2.05, 4.69) is 5.32 Å². The van der Waals surface area contributed by atoms with Gasteiger partial charge in [0.2, 0.25) is 5.91 Å². The second-order valence-electron chi connectivity index (χ2n) is 4.30. The van der Waals surface area contributed by atoms with Gasteiger partial charge in [-0.3, -0.25) is 19.3 Å². The number of hydrogen-bond donors (Lipinski definition) is 1. The molecule has 19 heavy (non-hydrogen) atoms. The minimum absolute atomic E-state index is 0.172. The van der Waals surface area contributed by atoms with Gasteiger partial charge in [-0.1, -0.05) is 30.3 Å². The van der Waals surface area contributed by atoms with Gasteiger partial charge in [-0.15, -0.1) is 0 Å². The summed E-state index contributed by atoms with van der Waals surface area (Å²) in [5.41, 5.74) is 0.966. The number of nitrogens with zero attached hydrogens (tertiary/aromatic N) is 1. The molecule has 1 aromatic rings. The van der Waals surface area contributed by atoms with Crippen LogP contribution in [-0.2, 0) is 14.4 Å². The van der Waals surface area contributed by atoms with Crippen LogP contribution >= 0.6 is 0 Å². The molecule has 1 aromatic carbocycles. The van der Waals surface area contributed by atoms with Crippen molar-refractivity contribution in [3.05, 3.63) is 48.0 Å². The standard InChI is InChI=1S/C14H14N2O3/c1-10(11-5-3-2-4-6-11)15-12(17)9-16-13(18)7-8-14(16)19/h2-8,10H,9H2,1H3,(H,15,17)/t10-/m1/s1. The van der Waals surface area contributed by atoms with Crippen LogP contribution in [0.15, 0.2) is 42.5 Å². The van der Waals surface area contributed by atoms with Gasteiger partial charge in [-0.25, -0.2) is 0 Å². The Labute approximate surface area is 110 Å². The molecule has 0 saturated heterocycles. The maximum Gasteiger partial charge on any atom is 0.254 e. The summed E-state index contributed by atoms with van der Waals surface area (Å²) in [7, 11) is 0. The van der Waals surface area contributed by atoms with Crippen molar-refractivity contribution in [1.82, 2.24) is 10.2 Å². The molecule has 0 spiro atoms. The summed E-state index contributed by atoms with van der Waals surface area (Å²) in [5.74, 6) is -1.26. The van der Waals surface area contributed by atoms with Gasteiger partial charge < -0.3 is 5.32 Å². The molecule has 0 aliphatic carbocycles. The molecule has 0 aromatic heterocycles. The van der Waals surface area contributed by atoms with E-state index in [1.807, 2.05) is 37.3 Å². The van der Waals surface area contributed by atoms with Gasteiger partial charge >= 0.3 is 0 Å². The number of carbonyl (C=O) groups is 3. The smallest absolute Gasteiger partial charge is 0.254 e. The van der Waals surface area contributed by atoms with E-state index in [0.717, 1.165) is 22.6 Å². The second-order valence-corrected chi connectivity index (χ2v) is 4.30. The third-order valence-corrected chi connectivity index (χ3v) is 2.88. The average molecular weight is 258 g/mol. The number of benzene rings is 1. The van der Waals surface area contributed by atoms with E-state index in [1.54, 1.807) is 0 Å². The molecule has 5 heteroatoms. The van der Waals surface area contributed by atoms with Crippen LogP contribution in [-0.4, -0.2) is 29.2 Å². The van der Waals surface area contributed by atoms with Gasteiger partial charge in [-0.2, -0.15) is 0 Å². The van der Waals surface area contributed by atoms with Crippen LogP contribution in [0.3, 0.4) is 0 Å². The summed E-state index contributed by atoms with van der Waals surface area (Å²) >= 11 is 0. The molecule has 1 atom stereocenters. The van der Waals surface area contributed by atoms with Gasteiger partial charge in [0, 0.05) is 12.2 Å². The normalized spacial score (nSPS) is 15.7. The highest BCUT2D eigenvalue weighted by atomic mass is 16.2. The maximum absolute atomic E-state index is 11.8. The monoisotopic (exact) mass is 258 g/mol. The Kier molecular flexibility index (Phi) is 3.75. The maximum atomic E-state index is 11.8. The molecule has 1 aliphatic rings. The number of nitrogens with one attached hydrogen (secondary N) is 1. The SMILES string of the molecule is C[C@@H](NC(=O)CN1C(=O)C=CC1=O)c1ccccc1.